The summed E-state index contributed by atoms with van der Waals surface area (Å²) >= 11 is 0. The summed E-state index contributed by atoms with van der Waals surface area (Å²) in [6.07, 6.45) is 3.35. The van der Waals surface area contributed by atoms with Crippen LogP contribution in [0, 0.1) is 6.92 Å². The molecule has 146 valence electrons. The number of benzene rings is 1. The number of pyridine rings is 1. The van der Waals surface area contributed by atoms with Gasteiger partial charge in [0.25, 0.3) is 0 Å². The van der Waals surface area contributed by atoms with Gasteiger partial charge in [-0.05, 0) is 42.8 Å². The molecule has 1 amide bonds. The van der Waals surface area contributed by atoms with E-state index in [0.717, 1.165) is 11.3 Å². The third-order valence-corrected chi connectivity index (χ3v) is 4.70. The van der Waals surface area contributed by atoms with Crippen LogP contribution in [0.25, 0.3) is 11.4 Å². The van der Waals surface area contributed by atoms with E-state index in [9.17, 15) is 9.59 Å². The SMILES string of the molecule is Cc1cccc(N2C[C@H](Nc3nccc(-c4cc(C(=O)O)ccn4)n3)CC2=O)c1. The number of anilines is 2. The predicted octanol–water partition coefficient (Wildman–Crippen LogP) is 2.76. The van der Waals surface area contributed by atoms with E-state index in [1.165, 1.54) is 18.3 Å². The molecule has 1 aliphatic rings. The first kappa shape index (κ1) is 18.5. The number of hydrogen-bond acceptors (Lipinski definition) is 6. The Bertz CT molecular complexity index is 1090. The number of aromatic carboxylic acids is 1. The fourth-order valence-electron chi connectivity index (χ4n) is 3.31. The van der Waals surface area contributed by atoms with Crippen LogP contribution in [0.4, 0.5) is 11.6 Å². The maximum atomic E-state index is 12.5. The molecule has 0 bridgehead atoms. The topological polar surface area (TPSA) is 108 Å². The number of aromatic nitrogens is 3. The van der Waals surface area contributed by atoms with E-state index < -0.39 is 5.97 Å². The fraction of sp³-hybridized carbons (Fsp3) is 0.190. The number of carbonyl (C=O) groups is 2. The third kappa shape index (κ3) is 4.06. The van der Waals surface area contributed by atoms with E-state index in [1.807, 2.05) is 31.2 Å². The number of rotatable bonds is 5. The average molecular weight is 389 g/mol. The molecule has 1 fully saturated rings. The highest BCUT2D eigenvalue weighted by molar-refractivity contribution is 5.96. The standard InChI is InChI=1S/C21H19N5O3/c1-13-3-2-4-16(9-13)26-12-15(11-19(26)27)24-21-23-8-6-17(25-21)18-10-14(20(28)29)5-7-22-18/h2-10,15H,11-12H2,1H3,(H,28,29)(H,23,24,25)/t15-/m1/s1. The zero-order valence-electron chi connectivity index (χ0n) is 15.7. The van der Waals surface area contributed by atoms with Gasteiger partial charge in [-0.15, -0.1) is 0 Å². The maximum absolute atomic E-state index is 12.5. The van der Waals surface area contributed by atoms with Gasteiger partial charge in [0, 0.05) is 31.0 Å². The lowest BCUT2D eigenvalue weighted by Gasteiger charge is -2.17. The molecule has 2 N–H and O–H groups in total. The Hall–Kier alpha value is -3.81. The molecule has 8 nitrogen and oxygen atoms in total. The predicted molar refractivity (Wildman–Crippen MR) is 108 cm³/mol. The van der Waals surface area contributed by atoms with Crippen LogP contribution in [-0.4, -0.2) is 44.5 Å². The molecule has 1 aromatic carbocycles. The Kier molecular flexibility index (Phi) is 4.90. The van der Waals surface area contributed by atoms with Gasteiger partial charge in [0.05, 0.1) is 23.0 Å². The number of amides is 1. The molecule has 1 aliphatic heterocycles. The van der Waals surface area contributed by atoms with Gasteiger partial charge in [-0.2, -0.15) is 0 Å². The summed E-state index contributed by atoms with van der Waals surface area (Å²) in [4.78, 5) is 38.2. The van der Waals surface area contributed by atoms with Gasteiger partial charge in [0.2, 0.25) is 11.9 Å². The lowest BCUT2D eigenvalue weighted by molar-refractivity contribution is -0.117. The van der Waals surface area contributed by atoms with E-state index in [0.29, 0.717) is 30.3 Å². The van der Waals surface area contributed by atoms with Crippen LogP contribution in [0.1, 0.15) is 22.3 Å². The third-order valence-electron chi connectivity index (χ3n) is 4.70. The lowest BCUT2D eigenvalue weighted by Crippen LogP contribution is -2.28. The molecule has 4 rings (SSSR count). The van der Waals surface area contributed by atoms with Gasteiger partial charge in [-0.25, -0.2) is 14.8 Å². The van der Waals surface area contributed by atoms with Gasteiger partial charge in [0.15, 0.2) is 0 Å². The van der Waals surface area contributed by atoms with Crippen molar-refractivity contribution in [1.82, 2.24) is 15.0 Å². The van der Waals surface area contributed by atoms with Crippen LogP contribution in [0.5, 0.6) is 0 Å². The molecule has 2 aromatic heterocycles. The van der Waals surface area contributed by atoms with Crippen molar-refractivity contribution in [2.45, 2.75) is 19.4 Å². The second-order valence-corrected chi connectivity index (χ2v) is 6.89. The molecule has 3 heterocycles. The Morgan fingerprint density at radius 2 is 1.97 bits per heavy atom. The Balaban J connectivity index is 1.51. The van der Waals surface area contributed by atoms with Crippen molar-refractivity contribution in [3.05, 3.63) is 66.0 Å². The molecule has 1 saturated heterocycles. The van der Waals surface area contributed by atoms with Gasteiger partial charge in [-0.1, -0.05) is 12.1 Å². The summed E-state index contributed by atoms with van der Waals surface area (Å²) < 4.78 is 0. The maximum Gasteiger partial charge on any atom is 0.335 e. The van der Waals surface area contributed by atoms with Crippen LogP contribution in [0.15, 0.2) is 54.9 Å². The molecule has 1 atom stereocenters. The largest absolute Gasteiger partial charge is 0.478 e. The van der Waals surface area contributed by atoms with Gasteiger partial charge < -0.3 is 15.3 Å². The molecular weight excluding hydrogens is 370 g/mol. The fourth-order valence-corrected chi connectivity index (χ4v) is 3.31. The van der Waals surface area contributed by atoms with Gasteiger partial charge in [0.1, 0.15) is 0 Å². The minimum atomic E-state index is -1.03. The van der Waals surface area contributed by atoms with Crippen molar-refractivity contribution >= 4 is 23.5 Å². The van der Waals surface area contributed by atoms with E-state index >= 15 is 0 Å². The smallest absolute Gasteiger partial charge is 0.335 e. The van der Waals surface area contributed by atoms with Crippen LogP contribution in [0.2, 0.25) is 0 Å². The summed E-state index contributed by atoms with van der Waals surface area (Å²) in [7, 11) is 0. The summed E-state index contributed by atoms with van der Waals surface area (Å²) in [6, 6.07) is 12.3. The second kappa shape index (κ2) is 7.67. The van der Waals surface area contributed by atoms with Crippen LogP contribution < -0.4 is 10.2 Å². The molecule has 0 saturated carbocycles. The molecule has 0 spiro atoms. The van der Waals surface area contributed by atoms with Crippen molar-refractivity contribution in [1.29, 1.82) is 0 Å². The number of hydrogen-bond donors (Lipinski definition) is 2. The van der Waals surface area contributed by atoms with E-state index in [4.69, 9.17) is 5.11 Å². The molecule has 29 heavy (non-hydrogen) atoms. The summed E-state index contributed by atoms with van der Waals surface area (Å²) in [5.41, 5.74) is 3.06. The first-order chi connectivity index (χ1) is 14.0. The minimum Gasteiger partial charge on any atom is -0.478 e. The summed E-state index contributed by atoms with van der Waals surface area (Å²) in [5.74, 6) is -0.615. The molecule has 0 radical (unpaired) electrons. The number of nitrogens with one attached hydrogen (secondary N) is 1. The van der Waals surface area contributed by atoms with Crippen LogP contribution >= 0.6 is 0 Å². The van der Waals surface area contributed by atoms with Crippen molar-refractivity contribution in [3.8, 4) is 11.4 Å². The lowest BCUT2D eigenvalue weighted by atomic mass is 10.2. The molecule has 8 heteroatoms. The van der Waals surface area contributed by atoms with Gasteiger partial charge >= 0.3 is 5.97 Å². The molecule has 3 aromatic rings. The summed E-state index contributed by atoms with van der Waals surface area (Å²) in [5, 5.41) is 12.4. The van der Waals surface area contributed by atoms with E-state index in [-0.39, 0.29) is 17.5 Å². The number of carboxylic acids is 1. The zero-order valence-corrected chi connectivity index (χ0v) is 15.7. The highest BCUT2D eigenvalue weighted by Crippen LogP contribution is 2.24. The van der Waals surface area contributed by atoms with Crippen LogP contribution in [0.3, 0.4) is 0 Å². The first-order valence-electron chi connectivity index (χ1n) is 9.16. The minimum absolute atomic E-state index is 0.0417. The van der Waals surface area contributed by atoms with E-state index in [2.05, 4.69) is 20.3 Å². The van der Waals surface area contributed by atoms with Crippen molar-refractivity contribution in [2.75, 3.05) is 16.8 Å². The quantitative estimate of drug-likeness (QED) is 0.691. The molecular formula is C21H19N5O3. The normalized spacial score (nSPS) is 16.1. The number of aryl methyl sites for hydroxylation is 1. The monoisotopic (exact) mass is 389 g/mol. The first-order valence-corrected chi connectivity index (χ1v) is 9.16. The Morgan fingerprint density at radius 1 is 1.14 bits per heavy atom. The van der Waals surface area contributed by atoms with Crippen molar-refractivity contribution in [3.63, 3.8) is 0 Å². The van der Waals surface area contributed by atoms with Crippen molar-refractivity contribution < 1.29 is 14.7 Å². The summed E-state index contributed by atoms with van der Waals surface area (Å²) in [6.45, 7) is 2.51. The number of carbonyl (C=O) groups excluding carboxylic acids is 1. The van der Waals surface area contributed by atoms with Crippen LogP contribution in [-0.2, 0) is 4.79 Å². The van der Waals surface area contributed by atoms with Crippen molar-refractivity contribution in [2.24, 2.45) is 0 Å². The van der Waals surface area contributed by atoms with E-state index in [1.54, 1.807) is 17.2 Å². The van der Waals surface area contributed by atoms with Gasteiger partial charge in [-0.3, -0.25) is 9.78 Å². The number of carboxylic acid groups (broad SMARTS) is 1. The highest BCUT2D eigenvalue weighted by Gasteiger charge is 2.31. The second-order valence-electron chi connectivity index (χ2n) is 6.89. The zero-order chi connectivity index (χ0) is 20.4. The average Bonchev–Trinajstić information content (AvgIpc) is 3.08. The highest BCUT2D eigenvalue weighted by atomic mass is 16.4. The number of nitrogens with zero attached hydrogens (tertiary/aromatic N) is 4. The molecule has 0 aliphatic carbocycles. The Morgan fingerprint density at radius 3 is 2.76 bits per heavy atom. The Labute approximate surface area is 167 Å². The molecule has 0 unspecified atom stereocenters.